The van der Waals surface area contributed by atoms with Crippen molar-refractivity contribution in [2.75, 3.05) is 11.6 Å². The van der Waals surface area contributed by atoms with Crippen LogP contribution in [0.5, 0.6) is 5.88 Å². The number of azo groups is 1. The van der Waals surface area contributed by atoms with Gasteiger partial charge in [-0.25, -0.2) is 13.2 Å². The van der Waals surface area contributed by atoms with E-state index in [0.717, 1.165) is 6.26 Å². The molecule has 0 unspecified atom stereocenters. The Morgan fingerprint density at radius 1 is 1.28 bits per heavy atom. The molecule has 8 nitrogen and oxygen atoms in total. The van der Waals surface area contributed by atoms with Crippen molar-refractivity contribution in [2.24, 2.45) is 10.2 Å². The number of anilines is 1. The highest BCUT2D eigenvalue weighted by Gasteiger charge is 2.17. The van der Waals surface area contributed by atoms with E-state index in [0.29, 0.717) is 21.6 Å². The van der Waals surface area contributed by atoms with Gasteiger partial charge in [0.1, 0.15) is 0 Å². The van der Waals surface area contributed by atoms with E-state index in [9.17, 15) is 18.3 Å². The quantitative estimate of drug-likeness (QED) is 0.473. The maximum Gasteiger partial charge on any atom is 0.364 e. The number of fused-ring (bicyclic) bond motifs is 1. The van der Waals surface area contributed by atoms with Crippen LogP contribution in [0.15, 0.2) is 57.6 Å². The zero-order valence-electron chi connectivity index (χ0n) is 15.1. The summed E-state index contributed by atoms with van der Waals surface area (Å²) in [5.41, 5.74) is 0.985. The average Bonchev–Trinajstić information content (AvgIpc) is 2.91. The predicted octanol–water partition coefficient (Wildman–Crippen LogP) is 4.35. The molecule has 1 heterocycles. The molecular weight excluding hydrogens is 416 g/mol. The molecule has 2 amide bonds. The zero-order valence-corrected chi connectivity index (χ0v) is 16.7. The van der Waals surface area contributed by atoms with Crippen LogP contribution in [0.3, 0.4) is 0 Å². The van der Waals surface area contributed by atoms with Gasteiger partial charge in [-0.05, 0) is 42.5 Å². The Morgan fingerprint density at radius 3 is 2.59 bits per heavy atom. The molecule has 0 aliphatic carbocycles. The second-order valence-electron chi connectivity index (χ2n) is 6.05. The Balaban J connectivity index is 1.87. The minimum absolute atomic E-state index is 0.0559. The normalized spacial score (nSPS) is 11.6. The monoisotopic (exact) mass is 430 g/mol. The number of terminal acetylenes is 1. The number of carbonyl (C=O) groups is 1. The van der Waals surface area contributed by atoms with E-state index in [-0.39, 0.29) is 23.0 Å². The second kappa shape index (κ2) is 7.95. The third kappa shape index (κ3) is 4.39. The predicted molar refractivity (Wildman–Crippen MR) is 111 cm³/mol. The standard InChI is InChI=1S/C19H15ClN4O4S/c1-3-10-24-16-9-4-12(20)11-15(16)17(18(24)25)22-23-19(26)21-13-5-7-14(8-6-13)29(2,27)28/h1,4-9,11,25H,10H2,2H3,(H,21,26). The number of carbonyl (C=O) groups excluding carboxylic acids is 1. The maximum absolute atomic E-state index is 12.1. The first-order chi connectivity index (χ1) is 13.7. The van der Waals surface area contributed by atoms with Gasteiger partial charge in [0.25, 0.3) is 0 Å². The third-order valence-electron chi connectivity index (χ3n) is 4.00. The fraction of sp³-hybridized carbons (Fsp3) is 0.105. The van der Waals surface area contributed by atoms with Gasteiger partial charge in [0, 0.05) is 22.4 Å². The summed E-state index contributed by atoms with van der Waals surface area (Å²) in [4.78, 5) is 12.2. The molecule has 148 valence electrons. The number of aromatic nitrogens is 1. The molecule has 10 heteroatoms. The first-order valence-corrected chi connectivity index (χ1v) is 10.4. The highest BCUT2D eigenvalue weighted by Crippen LogP contribution is 2.39. The number of aromatic hydroxyl groups is 1. The minimum Gasteiger partial charge on any atom is -0.493 e. The number of hydrogen-bond donors (Lipinski definition) is 2. The Hall–Kier alpha value is -3.35. The lowest BCUT2D eigenvalue weighted by Crippen LogP contribution is -2.05. The molecule has 29 heavy (non-hydrogen) atoms. The number of rotatable bonds is 4. The molecule has 0 saturated heterocycles. The number of nitrogens with zero attached hydrogens (tertiary/aromatic N) is 3. The first kappa shape index (κ1) is 20.4. The van der Waals surface area contributed by atoms with Crippen LogP contribution in [-0.4, -0.2) is 30.4 Å². The van der Waals surface area contributed by atoms with Gasteiger partial charge in [0.15, 0.2) is 15.5 Å². The number of amides is 2. The van der Waals surface area contributed by atoms with Gasteiger partial charge in [-0.3, -0.25) is 4.57 Å². The van der Waals surface area contributed by atoms with Crippen molar-refractivity contribution in [3.8, 4) is 18.2 Å². The molecule has 0 radical (unpaired) electrons. The summed E-state index contributed by atoms with van der Waals surface area (Å²) >= 11 is 6.02. The van der Waals surface area contributed by atoms with Crippen molar-refractivity contribution in [1.29, 1.82) is 0 Å². The number of hydrogen-bond acceptors (Lipinski definition) is 5. The smallest absolute Gasteiger partial charge is 0.364 e. The Kier molecular flexibility index (Phi) is 5.59. The molecule has 3 aromatic rings. The summed E-state index contributed by atoms with van der Waals surface area (Å²) in [5.74, 6) is 2.19. The molecule has 0 spiro atoms. The van der Waals surface area contributed by atoms with Crippen LogP contribution >= 0.6 is 11.6 Å². The second-order valence-corrected chi connectivity index (χ2v) is 8.50. The lowest BCUT2D eigenvalue weighted by Gasteiger charge is -2.02. The molecule has 0 saturated carbocycles. The summed E-state index contributed by atoms with van der Waals surface area (Å²) in [5, 5.41) is 21.2. The number of nitrogens with one attached hydrogen (secondary N) is 1. The van der Waals surface area contributed by atoms with Crippen LogP contribution in [0.1, 0.15) is 0 Å². The molecule has 3 rings (SSSR count). The lowest BCUT2D eigenvalue weighted by molar-refractivity contribution is 0.258. The van der Waals surface area contributed by atoms with Crippen molar-refractivity contribution in [2.45, 2.75) is 11.4 Å². The number of sulfone groups is 1. The molecule has 0 bridgehead atoms. The van der Waals surface area contributed by atoms with Crippen LogP contribution in [0, 0.1) is 12.3 Å². The van der Waals surface area contributed by atoms with Crippen molar-refractivity contribution in [3.05, 3.63) is 47.5 Å². The van der Waals surface area contributed by atoms with E-state index in [1.165, 1.54) is 28.8 Å². The fourth-order valence-corrected chi connectivity index (χ4v) is 3.48. The van der Waals surface area contributed by atoms with Crippen molar-refractivity contribution in [1.82, 2.24) is 4.57 Å². The van der Waals surface area contributed by atoms with Gasteiger partial charge in [-0.2, -0.15) is 0 Å². The molecule has 0 aliphatic rings. The van der Waals surface area contributed by atoms with Crippen LogP contribution in [0.2, 0.25) is 5.02 Å². The van der Waals surface area contributed by atoms with E-state index in [1.54, 1.807) is 18.2 Å². The largest absolute Gasteiger partial charge is 0.493 e. The van der Waals surface area contributed by atoms with Gasteiger partial charge in [0.2, 0.25) is 5.88 Å². The van der Waals surface area contributed by atoms with E-state index in [1.807, 2.05) is 0 Å². The van der Waals surface area contributed by atoms with Gasteiger partial charge in [-0.15, -0.1) is 11.5 Å². The molecule has 0 fully saturated rings. The summed E-state index contributed by atoms with van der Waals surface area (Å²) in [6.07, 6.45) is 6.43. The number of urea groups is 1. The minimum atomic E-state index is -3.34. The van der Waals surface area contributed by atoms with Crippen LogP contribution < -0.4 is 5.32 Å². The van der Waals surface area contributed by atoms with Crippen molar-refractivity contribution in [3.63, 3.8) is 0 Å². The van der Waals surface area contributed by atoms with Gasteiger partial charge in [-0.1, -0.05) is 22.6 Å². The highest BCUT2D eigenvalue weighted by atomic mass is 35.5. The van der Waals surface area contributed by atoms with E-state index >= 15 is 0 Å². The topological polar surface area (TPSA) is 113 Å². The third-order valence-corrected chi connectivity index (χ3v) is 5.36. The molecule has 1 aromatic heterocycles. The van der Waals surface area contributed by atoms with E-state index in [2.05, 4.69) is 21.5 Å². The number of benzene rings is 2. The van der Waals surface area contributed by atoms with Crippen LogP contribution in [0.25, 0.3) is 10.9 Å². The Labute approximate surface area is 171 Å². The van der Waals surface area contributed by atoms with E-state index in [4.69, 9.17) is 18.0 Å². The molecule has 0 atom stereocenters. The van der Waals surface area contributed by atoms with Gasteiger partial charge >= 0.3 is 6.03 Å². The van der Waals surface area contributed by atoms with Gasteiger partial charge < -0.3 is 10.4 Å². The molecular formula is C19H15ClN4O4S. The van der Waals surface area contributed by atoms with Crippen molar-refractivity contribution >= 4 is 49.7 Å². The summed E-state index contributed by atoms with van der Waals surface area (Å²) in [6.45, 7) is 0.0956. The Morgan fingerprint density at radius 2 is 1.97 bits per heavy atom. The van der Waals surface area contributed by atoms with Gasteiger partial charge in [0.05, 0.1) is 17.0 Å². The lowest BCUT2D eigenvalue weighted by atomic mass is 10.2. The SMILES string of the molecule is C#CCn1c(O)c(N=NC(=O)Nc2ccc(S(C)(=O)=O)cc2)c2cc(Cl)ccc21. The van der Waals surface area contributed by atoms with Crippen molar-refractivity contribution < 1.29 is 18.3 Å². The number of halogens is 1. The summed E-state index contributed by atoms with van der Waals surface area (Å²) < 4.78 is 24.4. The van der Waals surface area contributed by atoms with Crippen LogP contribution in [-0.2, 0) is 16.4 Å². The Bertz CT molecular complexity index is 1270. The molecule has 0 aliphatic heterocycles. The average molecular weight is 431 g/mol. The first-order valence-electron chi connectivity index (χ1n) is 8.17. The fourth-order valence-electron chi connectivity index (χ4n) is 2.67. The van der Waals surface area contributed by atoms with Crippen LogP contribution in [0.4, 0.5) is 16.2 Å². The summed E-state index contributed by atoms with van der Waals surface area (Å²) in [6, 6.07) is 9.68. The highest BCUT2D eigenvalue weighted by molar-refractivity contribution is 7.90. The summed E-state index contributed by atoms with van der Waals surface area (Å²) in [7, 11) is -3.34. The molecule has 2 N–H and O–H groups in total. The molecule has 2 aromatic carbocycles. The zero-order chi connectivity index (χ0) is 21.2. The maximum atomic E-state index is 12.1. The van der Waals surface area contributed by atoms with E-state index < -0.39 is 15.9 Å².